The van der Waals surface area contributed by atoms with Gasteiger partial charge in [-0.25, -0.2) is 23.1 Å². The van der Waals surface area contributed by atoms with Gasteiger partial charge in [-0.05, 0) is 54.0 Å². The first-order chi connectivity index (χ1) is 20.8. The lowest BCUT2D eigenvalue weighted by Gasteiger charge is -2.32. The highest BCUT2D eigenvalue weighted by Crippen LogP contribution is 2.48. The van der Waals surface area contributed by atoms with Gasteiger partial charge in [0.2, 0.25) is 12.7 Å². The third-order valence-electron chi connectivity index (χ3n) is 7.80. The van der Waals surface area contributed by atoms with E-state index in [0.29, 0.717) is 41.1 Å². The number of rotatable bonds is 6. The number of sulfonamides is 1. The van der Waals surface area contributed by atoms with Gasteiger partial charge in [0.15, 0.2) is 17.1 Å². The summed E-state index contributed by atoms with van der Waals surface area (Å²) in [6.45, 7) is 4.58. The Labute approximate surface area is 246 Å². The molecule has 2 aromatic heterocycles. The van der Waals surface area contributed by atoms with Gasteiger partial charge in [-0.2, -0.15) is 5.10 Å². The quantitative estimate of drug-likeness (QED) is 0.275. The molecule has 0 aliphatic carbocycles. The topological polar surface area (TPSA) is 155 Å². The molecule has 2 aliphatic rings. The minimum atomic E-state index is -3.95. The molecule has 1 atom stereocenters. The largest absolute Gasteiger partial charge is 0.453 e. The number of anilines is 2. The fraction of sp³-hybridized carbons (Fsp3) is 0.200. The fourth-order valence-corrected chi connectivity index (χ4v) is 6.82. The zero-order valence-corrected chi connectivity index (χ0v) is 23.8. The Kier molecular flexibility index (Phi) is 6.38. The Morgan fingerprint density at radius 2 is 1.88 bits per heavy atom. The molecular weight excluding hydrogens is 570 g/mol. The lowest BCUT2D eigenvalue weighted by atomic mass is 10.1. The van der Waals surface area contributed by atoms with Crippen LogP contribution in [0.1, 0.15) is 18.9 Å². The molecule has 3 N–H and O–H groups in total. The van der Waals surface area contributed by atoms with Crippen molar-refractivity contribution in [1.29, 1.82) is 0 Å². The van der Waals surface area contributed by atoms with Gasteiger partial charge >= 0.3 is 0 Å². The monoisotopic (exact) mass is 597 g/mol. The summed E-state index contributed by atoms with van der Waals surface area (Å²) in [5, 5.41) is 7.19. The second-order valence-electron chi connectivity index (χ2n) is 10.4. The third kappa shape index (κ3) is 4.57. The number of likely N-dealkylation sites (tertiary alicyclic amines) is 1. The zero-order valence-electron chi connectivity index (χ0n) is 22.9. The van der Waals surface area contributed by atoms with E-state index in [-0.39, 0.29) is 40.9 Å². The van der Waals surface area contributed by atoms with Crippen molar-refractivity contribution in [2.75, 3.05) is 30.3 Å². The summed E-state index contributed by atoms with van der Waals surface area (Å²) < 4.78 is 42.9. The predicted molar refractivity (Wildman–Crippen MR) is 161 cm³/mol. The zero-order chi connectivity index (χ0) is 29.7. The van der Waals surface area contributed by atoms with Gasteiger partial charge in [-0.3, -0.25) is 9.52 Å². The van der Waals surface area contributed by atoms with E-state index in [1.165, 1.54) is 12.4 Å². The smallest absolute Gasteiger partial charge is 0.262 e. The predicted octanol–water partition coefficient (Wildman–Crippen LogP) is 4.11. The molecule has 1 saturated heterocycles. The number of nitrogens with one attached hydrogen (secondary N) is 1. The van der Waals surface area contributed by atoms with Crippen LogP contribution < -0.4 is 19.9 Å². The van der Waals surface area contributed by atoms with Crippen LogP contribution in [0.15, 0.2) is 78.5 Å². The number of carbonyl (C=O) groups excluding carboxylic acids is 1. The van der Waals surface area contributed by atoms with Crippen LogP contribution in [0.4, 0.5) is 11.5 Å². The molecular formula is C30H27N7O5S. The average molecular weight is 598 g/mol. The van der Waals surface area contributed by atoms with Crippen LogP contribution in [0.25, 0.3) is 33.1 Å². The van der Waals surface area contributed by atoms with Crippen LogP contribution >= 0.6 is 0 Å². The number of aromatic nitrogens is 4. The molecule has 43 heavy (non-hydrogen) atoms. The van der Waals surface area contributed by atoms with Crippen molar-refractivity contribution >= 4 is 49.2 Å². The first-order valence-corrected chi connectivity index (χ1v) is 15.2. The van der Waals surface area contributed by atoms with Crippen molar-refractivity contribution in [3.8, 4) is 22.8 Å². The van der Waals surface area contributed by atoms with Gasteiger partial charge in [0.25, 0.3) is 10.0 Å². The summed E-state index contributed by atoms with van der Waals surface area (Å²) in [6.07, 6.45) is 4.27. The Balaban J connectivity index is 1.28. The number of fused-ring (bicyclic) bond motifs is 3. The summed E-state index contributed by atoms with van der Waals surface area (Å²) >= 11 is 0. The van der Waals surface area contributed by atoms with Crippen molar-refractivity contribution < 1.29 is 22.7 Å². The number of hydrogen-bond donors (Lipinski definition) is 2. The minimum absolute atomic E-state index is 0.108. The molecule has 4 heterocycles. The summed E-state index contributed by atoms with van der Waals surface area (Å²) in [6, 6.07) is 15.7. The van der Waals surface area contributed by atoms with Crippen LogP contribution in [-0.4, -0.2) is 58.9 Å². The van der Waals surface area contributed by atoms with Gasteiger partial charge in [-0.1, -0.05) is 36.9 Å². The molecule has 2 aliphatic heterocycles. The Morgan fingerprint density at radius 3 is 2.72 bits per heavy atom. The van der Waals surface area contributed by atoms with Gasteiger partial charge in [-0.15, -0.1) is 0 Å². The number of amides is 1. The maximum atomic E-state index is 13.4. The highest BCUT2D eigenvalue weighted by atomic mass is 32.2. The van der Waals surface area contributed by atoms with E-state index < -0.39 is 10.0 Å². The van der Waals surface area contributed by atoms with Gasteiger partial charge in [0.05, 0.1) is 22.0 Å². The Morgan fingerprint density at radius 1 is 1.07 bits per heavy atom. The van der Waals surface area contributed by atoms with Crippen molar-refractivity contribution in [2.45, 2.75) is 23.8 Å². The van der Waals surface area contributed by atoms with E-state index in [4.69, 9.17) is 20.3 Å². The molecule has 1 amide bonds. The van der Waals surface area contributed by atoms with E-state index in [0.717, 1.165) is 23.6 Å². The normalized spacial score (nSPS) is 16.5. The highest BCUT2D eigenvalue weighted by Gasteiger charge is 2.32. The Bertz CT molecular complexity index is 2040. The van der Waals surface area contributed by atoms with Crippen molar-refractivity contribution in [1.82, 2.24) is 24.6 Å². The number of nitrogen functional groups attached to an aromatic ring is 1. The highest BCUT2D eigenvalue weighted by molar-refractivity contribution is 7.92. The van der Waals surface area contributed by atoms with Gasteiger partial charge < -0.3 is 20.1 Å². The third-order valence-corrected chi connectivity index (χ3v) is 9.16. The van der Waals surface area contributed by atoms with Crippen molar-refractivity contribution in [2.24, 2.45) is 0 Å². The molecule has 0 unspecified atom stereocenters. The standard InChI is InChI=1S/C30H27N7O5S/c1-2-24(38)36-13-5-8-20(15-36)37-30-25(29(31)32-16-33-30)26(34-37)22-11-12-23(28-27(22)41-17-42-28)35-43(39,40)21-10-9-18-6-3-4-7-19(18)14-21/h2-4,6-7,9-12,14,16,20,35H,1,5,8,13,15,17H2,(H2,31,32,33)/t20-/m1/s1. The molecule has 13 heteroatoms. The molecule has 0 bridgehead atoms. The minimum Gasteiger partial charge on any atom is -0.453 e. The first-order valence-electron chi connectivity index (χ1n) is 13.7. The Hall–Kier alpha value is -5.17. The first kappa shape index (κ1) is 26.7. The summed E-state index contributed by atoms with van der Waals surface area (Å²) in [5.74, 6) is 0.650. The maximum Gasteiger partial charge on any atom is 0.262 e. The number of benzene rings is 3. The molecule has 0 radical (unpaired) electrons. The molecule has 0 saturated carbocycles. The number of nitrogens with two attached hydrogens (primary N) is 1. The molecule has 5 aromatic rings. The maximum absolute atomic E-state index is 13.4. The molecule has 1 fully saturated rings. The van der Waals surface area contributed by atoms with Crippen molar-refractivity contribution in [3.05, 3.63) is 73.6 Å². The van der Waals surface area contributed by atoms with Crippen LogP contribution in [0.3, 0.4) is 0 Å². The lowest BCUT2D eigenvalue weighted by Crippen LogP contribution is -2.40. The van der Waals surface area contributed by atoms with Crippen molar-refractivity contribution in [3.63, 3.8) is 0 Å². The molecule has 7 rings (SSSR count). The van der Waals surface area contributed by atoms with E-state index in [1.54, 1.807) is 39.9 Å². The molecule has 3 aromatic carbocycles. The number of ether oxygens (including phenoxy) is 2. The average Bonchev–Trinajstić information content (AvgIpc) is 3.68. The summed E-state index contributed by atoms with van der Waals surface area (Å²) in [4.78, 5) is 22.9. The van der Waals surface area contributed by atoms with Crippen LogP contribution in [0.2, 0.25) is 0 Å². The number of hydrogen-bond acceptors (Lipinski definition) is 9. The molecule has 12 nitrogen and oxygen atoms in total. The SMILES string of the molecule is C=CC(=O)N1CCC[C@@H](n2nc(-c3ccc(NS(=O)(=O)c4ccc5ccccc5c4)c4c3OCO4)c3c(N)ncnc32)C1. The van der Waals surface area contributed by atoms with Gasteiger partial charge in [0.1, 0.15) is 17.8 Å². The summed E-state index contributed by atoms with van der Waals surface area (Å²) in [5.41, 5.74) is 8.10. The number of nitrogens with zero attached hydrogens (tertiary/aromatic N) is 5. The fourth-order valence-electron chi connectivity index (χ4n) is 5.72. The van der Waals surface area contributed by atoms with Crippen LogP contribution in [0, 0.1) is 0 Å². The summed E-state index contributed by atoms with van der Waals surface area (Å²) in [7, 11) is -3.95. The molecule has 0 spiro atoms. The van der Waals surface area contributed by atoms with E-state index in [9.17, 15) is 13.2 Å². The van der Waals surface area contributed by atoms with E-state index in [1.807, 2.05) is 24.3 Å². The van der Waals surface area contributed by atoms with E-state index in [2.05, 4.69) is 21.3 Å². The molecule has 218 valence electrons. The second kappa shape index (κ2) is 10.3. The van der Waals surface area contributed by atoms with Crippen LogP contribution in [-0.2, 0) is 14.8 Å². The number of piperidine rings is 1. The van der Waals surface area contributed by atoms with Gasteiger partial charge in [0, 0.05) is 18.7 Å². The second-order valence-corrected chi connectivity index (χ2v) is 12.1. The van der Waals surface area contributed by atoms with Crippen LogP contribution in [0.5, 0.6) is 11.5 Å². The van der Waals surface area contributed by atoms with E-state index >= 15 is 0 Å². The number of carbonyl (C=O) groups is 1. The lowest BCUT2D eigenvalue weighted by molar-refractivity contribution is -0.127.